The van der Waals surface area contributed by atoms with Crippen molar-refractivity contribution in [2.75, 3.05) is 19.6 Å². The summed E-state index contributed by atoms with van der Waals surface area (Å²) in [6, 6.07) is 4.77. The molecule has 0 spiro atoms. The summed E-state index contributed by atoms with van der Waals surface area (Å²) in [5, 5.41) is 1.44. The molecule has 3 aliphatic rings. The number of carbonyl (C=O) groups is 1. The first-order valence-corrected chi connectivity index (χ1v) is 13.5. The number of rotatable bonds is 5. The molecule has 3 aliphatic heterocycles. The molecule has 1 amide bonds. The van der Waals surface area contributed by atoms with Gasteiger partial charge in [-0.2, -0.15) is 4.72 Å². The van der Waals surface area contributed by atoms with Gasteiger partial charge in [0.25, 0.3) is 22.2 Å². The number of thiophene rings is 1. The number of hydrogen-bond donors (Lipinski definition) is 1. The van der Waals surface area contributed by atoms with Crippen LogP contribution in [0.5, 0.6) is 0 Å². The number of sulfonamides is 1. The van der Waals surface area contributed by atoms with Gasteiger partial charge in [0.2, 0.25) is 0 Å². The zero-order chi connectivity index (χ0) is 22.0. The highest BCUT2D eigenvalue weighted by atomic mass is 35.5. The molecule has 7 nitrogen and oxygen atoms in total. The Balaban J connectivity index is 1.32. The van der Waals surface area contributed by atoms with E-state index in [0.717, 1.165) is 36.0 Å². The normalized spacial score (nSPS) is 29.2. The van der Waals surface area contributed by atoms with Gasteiger partial charge < -0.3 is 4.90 Å². The summed E-state index contributed by atoms with van der Waals surface area (Å²) in [7, 11) is -3.71. The fraction of sp³-hybridized carbons (Fsp3) is 0.571. The Morgan fingerprint density at radius 1 is 1.32 bits per heavy atom. The van der Waals surface area contributed by atoms with Crippen molar-refractivity contribution >= 4 is 49.0 Å². The van der Waals surface area contributed by atoms with Crippen LogP contribution in [-0.4, -0.2) is 61.8 Å². The number of benzene rings is 1. The molecule has 0 aliphatic carbocycles. The molecule has 2 aromatic rings. The Kier molecular flexibility index (Phi) is 5.35. The maximum Gasteiger partial charge on any atom is 0.291 e. The van der Waals surface area contributed by atoms with Crippen molar-refractivity contribution in [2.45, 2.75) is 62.1 Å². The van der Waals surface area contributed by atoms with Gasteiger partial charge in [0.1, 0.15) is 16.8 Å². The molecule has 10 heteroatoms. The fourth-order valence-corrected chi connectivity index (χ4v) is 8.28. The van der Waals surface area contributed by atoms with E-state index in [1.165, 1.54) is 17.8 Å². The highest BCUT2D eigenvalue weighted by molar-refractivity contribution is 7.91. The maximum absolute atomic E-state index is 13.2. The van der Waals surface area contributed by atoms with E-state index < -0.39 is 10.0 Å². The van der Waals surface area contributed by atoms with Gasteiger partial charge in [-0.25, -0.2) is 8.42 Å². The predicted octanol–water partition coefficient (Wildman–Crippen LogP) is 3.40. The minimum atomic E-state index is -3.71. The lowest BCUT2D eigenvalue weighted by Gasteiger charge is -2.29. The van der Waals surface area contributed by atoms with Crippen LogP contribution in [0, 0.1) is 6.92 Å². The molecular formula is C21H27ClN3O4S2+. The molecule has 31 heavy (non-hydrogen) atoms. The second-order valence-electron chi connectivity index (χ2n) is 8.81. The van der Waals surface area contributed by atoms with E-state index in [2.05, 4.69) is 4.72 Å². The number of amides is 1. The van der Waals surface area contributed by atoms with Crippen LogP contribution < -0.4 is 4.72 Å². The van der Waals surface area contributed by atoms with Crippen LogP contribution in [0.1, 0.15) is 38.2 Å². The fourth-order valence-electron chi connectivity index (χ4n) is 5.08. The summed E-state index contributed by atoms with van der Waals surface area (Å²) in [6.07, 6.45) is 3.61. The molecule has 4 atom stereocenters. The number of nitrogens with one attached hydrogen (secondary N) is 1. The van der Waals surface area contributed by atoms with Crippen molar-refractivity contribution in [1.29, 1.82) is 0 Å². The summed E-state index contributed by atoms with van der Waals surface area (Å²) in [5.41, 5.74) is 0.708. The molecule has 3 fully saturated rings. The Morgan fingerprint density at radius 2 is 2.06 bits per heavy atom. The molecule has 5 rings (SSSR count). The first-order chi connectivity index (χ1) is 14.7. The molecule has 4 heterocycles. The second kappa shape index (κ2) is 7.67. The molecule has 1 aromatic heterocycles. The lowest BCUT2D eigenvalue weighted by atomic mass is 10.1. The molecule has 3 saturated heterocycles. The van der Waals surface area contributed by atoms with E-state index in [4.69, 9.17) is 16.4 Å². The van der Waals surface area contributed by atoms with Crippen LogP contribution in [0.3, 0.4) is 0 Å². The Bertz CT molecular complexity index is 1140. The standard InChI is InChI=1S/C21H27ClN3O4S2/c1-13-16-12-15(22)6-7-18(16)30-21(13)31(27,28)23-17-8-11-25(20(17)29-25)14(2)19(26)24-9-4-3-5-10-24/h6-7,12,14,17,20,23H,3-5,8-11H2,1-2H3/q+1/t14-,17?,20?,25?/m1/s1. The summed E-state index contributed by atoms with van der Waals surface area (Å²) < 4.78 is 30.7. The molecule has 0 radical (unpaired) electrons. The number of carbonyl (C=O) groups excluding carboxylic acids is 1. The molecule has 3 unspecified atom stereocenters. The minimum absolute atomic E-state index is 0.114. The predicted molar refractivity (Wildman–Crippen MR) is 120 cm³/mol. The zero-order valence-electron chi connectivity index (χ0n) is 17.6. The monoisotopic (exact) mass is 484 g/mol. The summed E-state index contributed by atoms with van der Waals surface area (Å²) in [5.74, 6) is 0.114. The summed E-state index contributed by atoms with van der Waals surface area (Å²) in [6.45, 7) is 5.97. The Hall–Kier alpha value is -1.23. The number of fused-ring (bicyclic) bond motifs is 2. The lowest BCUT2D eigenvalue weighted by molar-refractivity contribution is -0.928. The molecule has 168 valence electrons. The third-order valence-corrected chi connectivity index (χ3v) is 10.5. The lowest BCUT2D eigenvalue weighted by Crippen LogP contribution is -2.50. The number of piperidine rings is 1. The molecule has 1 N–H and O–H groups in total. The van der Waals surface area contributed by atoms with Crippen molar-refractivity contribution < 1.29 is 22.7 Å². The van der Waals surface area contributed by atoms with Gasteiger partial charge in [-0.05, 0) is 55.3 Å². The first kappa shape index (κ1) is 21.6. The van der Waals surface area contributed by atoms with Crippen molar-refractivity contribution in [3.63, 3.8) is 0 Å². The van der Waals surface area contributed by atoms with Gasteiger partial charge in [0.05, 0.1) is 0 Å². The largest absolute Gasteiger partial charge is 0.337 e. The maximum atomic E-state index is 13.2. The molecule has 1 aromatic carbocycles. The second-order valence-corrected chi connectivity index (χ2v) is 12.2. The van der Waals surface area contributed by atoms with Gasteiger partial charge in [0.15, 0.2) is 6.04 Å². The number of quaternary nitrogens is 1. The van der Waals surface area contributed by atoms with Crippen molar-refractivity contribution in [1.82, 2.24) is 9.62 Å². The average molecular weight is 485 g/mol. The first-order valence-electron chi connectivity index (χ1n) is 10.8. The van der Waals surface area contributed by atoms with Gasteiger partial charge in [-0.3, -0.25) is 4.79 Å². The number of hydrogen-bond acceptors (Lipinski definition) is 5. The van der Waals surface area contributed by atoms with E-state index >= 15 is 0 Å². The van der Waals surface area contributed by atoms with Crippen LogP contribution in [0.15, 0.2) is 22.4 Å². The van der Waals surface area contributed by atoms with E-state index in [-0.39, 0.29) is 28.9 Å². The number of likely N-dealkylation sites (tertiary alicyclic amines) is 1. The molecular weight excluding hydrogens is 458 g/mol. The van der Waals surface area contributed by atoms with Gasteiger partial charge >= 0.3 is 0 Å². The Labute approximate surface area is 191 Å². The number of aryl methyl sites for hydroxylation is 1. The third kappa shape index (κ3) is 3.59. The smallest absolute Gasteiger partial charge is 0.291 e. The van der Waals surface area contributed by atoms with Gasteiger partial charge in [-0.1, -0.05) is 11.6 Å². The van der Waals surface area contributed by atoms with Crippen molar-refractivity contribution in [3.05, 3.63) is 28.8 Å². The van der Waals surface area contributed by atoms with Crippen LogP contribution in [0.4, 0.5) is 0 Å². The number of hydroxylamine groups is 3. The topological polar surface area (TPSA) is 79.0 Å². The molecule has 0 bridgehead atoms. The molecule has 0 saturated carbocycles. The van der Waals surface area contributed by atoms with Gasteiger partial charge in [0, 0.05) is 36.2 Å². The van der Waals surface area contributed by atoms with Crippen LogP contribution in [0.2, 0.25) is 5.02 Å². The van der Waals surface area contributed by atoms with Crippen LogP contribution in [-0.2, 0) is 19.7 Å². The highest BCUT2D eigenvalue weighted by Gasteiger charge is 2.72. The van der Waals surface area contributed by atoms with E-state index in [0.29, 0.717) is 27.8 Å². The van der Waals surface area contributed by atoms with E-state index in [9.17, 15) is 13.2 Å². The van der Waals surface area contributed by atoms with Crippen molar-refractivity contribution in [3.8, 4) is 0 Å². The SMILES string of the molecule is Cc1c(S(=O)(=O)NC2CC[N+]3([C@H](C)C(=O)N4CCCCC4)OC23)sc2ccc(Cl)cc12. The Morgan fingerprint density at radius 3 is 2.77 bits per heavy atom. The van der Waals surface area contributed by atoms with E-state index in [1.807, 2.05) is 24.8 Å². The van der Waals surface area contributed by atoms with E-state index in [1.54, 1.807) is 12.1 Å². The zero-order valence-corrected chi connectivity index (χ0v) is 20.0. The van der Waals surface area contributed by atoms with Gasteiger partial charge in [-0.15, -0.1) is 20.8 Å². The van der Waals surface area contributed by atoms with Crippen molar-refractivity contribution in [2.24, 2.45) is 0 Å². The quantitative estimate of drug-likeness (QED) is 0.521. The minimum Gasteiger partial charge on any atom is -0.337 e. The van der Waals surface area contributed by atoms with Crippen LogP contribution in [0.25, 0.3) is 10.1 Å². The number of halogens is 1. The van der Waals surface area contributed by atoms with Crippen LogP contribution >= 0.6 is 22.9 Å². The third-order valence-electron chi connectivity index (χ3n) is 6.91. The summed E-state index contributed by atoms with van der Waals surface area (Å²) >= 11 is 7.34. The highest BCUT2D eigenvalue weighted by Crippen LogP contribution is 2.47. The average Bonchev–Trinajstić information content (AvgIpc) is 3.28. The number of nitrogens with zero attached hydrogens (tertiary/aromatic N) is 2. The summed E-state index contributed by atoms with van der Waals surface area (Å²) in [4.78, 5) is 20.9.